The molecule has 1 aromatic rings. The van der Waals surface area contributed by atoms with Crippen molar-refractivity contribution in [3.8, 4) is 5.75 Å². The molecule has 104 valence electrons. The summed E-state index contributed by atoms with van der Waals surface area (Å²) in [5.41, 5.74) is 3.28. The molecule has 1 aliphatic rings. The molecule has 1 aliphatic carbocycles. The summed E-state index contributed by atoms with van der Waals surface area (Å²) in [6, 6.07) is 8.46. The van der Waals surface area contributed by atoms with Gasteiger partial charge in [-0.2, -0.15) is 0 Å². The lowest BCUT2D eigenvalue weighted by Gasteiger charge is -2.40. The number of benzene rings is 1. The summed E-state index contributed by atoms with van der Waals surface area (Å²) in [6.07, 6.45) is 6.22. The van der Waals surface area contributed by atoms with Crippen molar-refractivity contribution in [2.75, 3.05) is 7.11 Å². The van der Waals surface area contributed by atoms with E-state index in [-0.39, 0.29) is 0 Å². The second-order valence-electron chi connectivity index (χ2n) is 6.44. The van der Waals surface area contributed by atoms with E-state index in [9.17, 15) is 0 Å². The van der Waals surface area contributed by atoms with E-state index in [4.69, 9.17) is 4.74 Å². The van der Waals surface area contributed by atoms with Crippen LogP contribution >= 0.6 is 0 Å². The molecule has 0 radical (unpaired) electrons. The molecule has 1 heteroatoms. The number of rotatable bonds is 4. The fraction of sp³-hybridized carbons (Fsp3) is 0.556. The maximum absolute atomic E-state index is 5.20. The predicted molar refractivity (Wildman–Crippen MR) is 81.6 cm³/mol. The van der Waals surface area contributed by atoms with Gasteiger partial charge in [0.2, 0.25) is 0 Å². The molecule has 0 spiro atoms. The molecule has 0 bridgehead atoms. The lowest BCUT2D eigenvalue weighted by atomic mass is 9.65. The Morgan fingerprint density at radius 1 is 1.26 bits per heavy atom. The summed E-state index contributed by atoms with van der Waals surface area (Å²) in [6.45, 7) is 9.11. The predicted octanol–water partition coefficient (Wildman–Crippen LogP) is 5.01. The molecule has 2 rings (SSSR count). The molecule has 1 saturated carbocycles. The van der Waals surface area contributed by atoms with Gasteiger partial charge in [0.05, 0.1) is 7.11 Å². The van der Waals surface area contributed by atoms with E-state index in [0.29, 0.717) is 11.3 Å². The third-order valence-electron chi connectivity index (χ3n) is 4.64. The minimum absolute atomic E-state index is 0.418. The number of methoxy groups -OCH3 is 1. The van der Waals surface area contributed by atoms with Gasteiger partial charge in [0.15, 0.2) is 0 Å². The van der Waals surface area contributed by atoms with E-state index < -0.39 is 0 Å². The van der Waals surface area contributed by atoms with Crippen LogP contribution in [0.1, 0.15) is 45.1 Å². The molecular formula is C18H26O. The molecule has 0 unspecified atom stereocenters. The summed E-state index contributed by atoms with van der Waals surface area (Å²) in [7, 11) is 1.71. The zero-order valence-electron chi connectivity index (χ0n) is 12.5. The summed E-state index contributed by atoms with van der Waals surface area (Å²) in [5, 5.41) is 0. The van der Waals surface area contributed by atoms with E-state index >= 15 is 0 Å². The first kappa shape index (κ1) is 14.2. The summed E-state index contributed by atoms with van der Waals surface area (Å²) in [5.74, 6) is 1.61. The average molecular weight is 258 g/mol. The highest BCUT2D eigenvalue weighted by molar-refractivity contribution is 5.27. The van der Waals surface area contributed by atoms with Crippen LogP contribution in [0.4, 0.5) is 0 Å². The van der Waals surface area contributed by atoms with Crippen molar-refractivity contribution < 1.29 is 4.74 Å². The quantitative estimate of drug-likeness (QED) is 0.690. The Bertz CT molecular complexity index is 428. The molecule has 0 N–H and O–H groups in total. The largest absolute Gasteiger partial charge is 0.497 e. The highest BCUT2D eigenvalue weighted by Gasteiger charge is 2.33. The van der Waals surface area contributed by atoms with Crippen LogP contribution in [-0.2, 0) is 6.42 Å². The molecule has 0 amide bonds. The Balaban J connectivity index is 1.98. The van der Waals surface area contributed by atoms with Crippen molar-refractivity contribution >= 4 is 0 Å². The lowest BCUT2D eigenvalue weighted by molar-refractivity contribution is 0.180. The van der Waals surface area contributed by atoms with Crippen molar-refractivity contribution in [1.82, 2.24) is 0 Å². The molecule has 1 nitrogen and oxygen atoms in total. The van der Waals surface area contributed by atoms with Gasteiger partial charge in [0, 0.05) is 0 Å². The van der Waals surface area contributed by atoms with Gasteiger partial charge in [-0.05, 0) is 61.1 Å². The summed E-state index contributed by atoms with van der Waals surface area (Å²) >= 11 is 0. The molecule has 0 aliphatic heterocycles. The van der Waals surface area contributed by atoms with E-state index in [1.165, 1.54) is 36.8 Å². The van der Waals surface area contributed by atoms with Crippen LogP contribution in [0.15, 0.2) is 36.4 Å². The standard InChI is InChI=1S/C18H26O/c1-14-6-5-13-18(2,3)17(14)12-9-15-7-10-16(19-4)11-8-15/h7-8,10-11,17H,1,5-6,9,12-13H2,2-4H3/t17-/m1/s1. The van der Waals surface area contributed by atoms with Gasteiger partial charge in [-0.3, -0.25) is 0 Å². The van der Waals surface area contributed by atoms with Crippen molar-refractivity contribution in [3.05, 3.63) is 42.0 Å². The fourth-order valence-corrected chi connectivity index (χ4v) is 3.37. The van der Waals surface area contributed by atoms with Crippen LogP contribution in [0.5, 0.6) is 5.75 Å². The number of allylic oxidation sites excluding steroid dienone is 1. The topological polar surface area (TPSA) is 9.23 Å². The van der Waals surface area contributed by atoms with Gasteiger partial charge in [-0.15, -0.1) is 0 Å². The second-order valence-corrected chi connectivity index (χ2v) is 6.44. The van der Waals surface area contributed by atoms with Gasteiger partial charge >= 0.3 is 0 Å². The first-order valence-electron chi connectivity index (χ1n) is 7.33. The van der Waals surface area contributed by atoms with Crippen molar-refractivity contribution in [2.24, 2.45) is 11.3 Å². The third-order valence-corrected chi connectivity index (χ3v) is 4.64. The molecule has 0 heterocycles. The highest BCUT2D eigenvalue weighted by Crippen LogP contribution is 2.45. The number of hydrogen-bond donors (Lipinski definition) is 0. The minimum atomic E-state index is 0.418. The maximum Gasteiger partial charge on any atom is 0.118 e. The third kappa shape index (κ3) is 3.40. The molecule has 1 fully saturated rings. The smallest absolute Gasteiger partial charge is 0.118 e. The lowest BCUT2D eigenvalue weighted by Crippen LogP contribution is -2.29. The summed E-state index contributed by atoms with van der Waals surface area (Å²) < 4.78 is 5.20. The Morgan fingerprint density at radius 2 is 1.95 bits per heavy atom. The van der Waals surface area contributed by atoms with Gasteiger partial charge in [-0.25, -0.2) is 0 Å². The maximum atomic E-state index is 5.20. The summed E-state index contributed by atoms with van der Waals surface area (Å²) in [4.78, 5) is 0. The highest BCUT2D eigenvalue weighted by atomic mass is 16.5. The zero-order valence-corrected chi connectivity index (χ0v) is 12.5. The van der Waals surface area contributed by atoms with Crippen LogP contribution in [0, 0.1) is 11.3 Å². The van der Waals surface area contributed by atoms with Crippen molar-refractivity contribution in [1.29, 1.82) is 0 Å². The molecule has 0 aromatic heterocycles. The van der Waals surface area contributed by atoms with Gasteiger partial charge in [0.25, 0.3) is 0 Å². The van der Waals surface area contributed by atoms with Gasteiger partial charge < -0.3 is 4.74 Å². The monoisotopic (exact) mass is 258 g/mol. The van der Waals surface area contributed by atoms with Gasteiger partial charge in [-0.1, -0.05) is 38.1 Å². The van der Waals surface area contributed by atoms with Crippen LogP contribution < -0.4 is 4.74 Å². The molecule has 19 heavy (non-hydrogen) atoms. The van der Waals surface area contributed by atoms with E-state index in [1.54, 1.807) is 7.11 Å². The van der Waals surface area contributed by atoms with Gasteiger partial charge in [0.1, 0.15) is 5.75 Å². The van der Waals surface area contributed by atoms with E-state index in [0.717, 1.165) is 12.2 Å². The van der Waals surface area contributed by atoms with Crippen LogP contribution in [0.25, 0.3) is 0 Å². The first-order chi connectivity index (χ1) is 9.03. The Hall–Kier alpha value is -1.24. The zero-order chi connectivity index (χ0) is 13.9. The molecule has 1 aromatic carbocycles. The van der Waals surface area contributed by atoms with Crippen LogP contribution in [0.3, 0.4) is 0 Å². The van der Waals surface area contributed by atoms with Crippen molar-refractivity contribution in [3.63, 3.8) is 0 Å². The Kier molecular flexibility index (Phi) is 4.34. The normalized spacial score (nSPS) is 22.3. The fourth-order valence-electron chi connectivity index (χ4n) is 3.37. The second kappa shape index (κ2) is 5.81. The number of ether oxygens (including phenoxy) is 1. The molecular weight excluding hydrogens is 232 g/mol. The average Bonchev–Trinajstić information content (AvgIpc) is 2.38. The first-order valence-corrected chi connectivity index (χ1v) is 7.33. The SMILES string of the molecule is C=C1CCCC(C)(C)[C@@H]1CCc1ccc(OC)cc1. The van der Waals surface area contributed by atoms with Crippen molar-refractivity contribution in [2.45, 2.75) is 46.0 Å². The minimum Gasteiger partial charge on any atom is -0.497 e. The van der Waals surface area contributed by atoms with Crippen LogP contribution in [0.2, 0.25) is 0 Å². The van der Waals surface area contributed by atoms with E-state index in [2.05, 4.69) is 44.7 Å². The number of hydrogen-bond acceptors (Lipinski definition) is 1. The Morgan fingerprint density at radius 3 is 2.53 bits per heavy atom. The van der Waals surface area contributed by atoms with E-state index in [1.807, 2.05) is 0 Å². The molecule has 0 saturated heterocycles. The Labute approximate surface area is 117 Å². The number of aryl methyl sites for hydroxylation is 1. The van der Waals surface area contributed by atoms with Crippen LogP contribution in [-0.4, -0.2) is 7.11 Å². The molecule has 1 atom stereocenters.